The maximum atomic E-state index is 11.5. The van der Waals surface area contributed by atoms with Gasteiger partial charge in [-0.3, -0.25) is 9.69 Å². The van der Waals surface area contributed by atoms with E-state index in [2.05, 4.69) is 5.32 Å². The molecule has 1 rings (SSSR count). The highest BCUT2D eigenvalue weighted by Crippen LogP contribution is 2.10. The summed E-state index contributed by atoms with van der Waals surface area (Å²) in [6, 6.07) is 0. The molecule has 7 heteroatoms. The predicted octanol–water partition coefficient (Wildman–Crippen LogP) is -1.04. The largest absolute Gasteiger partial charge is 0.368 e. The zero-order chi connectivity index (χ0) is 13.8. The van der Waals surface area contributed by atoms with Gasteiger partial charge in [0, 0.05) is 19.6 Å². The van der Waals surface area contributed by atoms with Crippen LogP contribution in [0.1, 0.15) is 20.3 Å². The van der Waals surface area contributed by atoms with E-state index >= 15 is 0 Å². The summed E-state index contributed by atoms with van der Waals surface area (Å²) in [5.41, 5.74) is 4.64. The fraction of sp³-hybridized carbons (Fsp3) is 0.909. The topological polar surface area (TPSA) is 92.5 Å². The highest BCUT2D eigenvalue weighted by Gasteiger charge is 2.34. The number of carbonyl (C=O) groups is 1. The molecule has 18 heavy (non-hydrogen) atoms. The lowest BCUT2D eigenvalue weighted by Crippen LogP contribution is -2.61. The number of nitrogens with zero attached hydrogens (tertiary/aromatic N) is 1. The minimum absolute atomic E-state index is 0.162. The monoisotopic (exact) mass is 277 g/mol. The van der Waals surface area contributed by atoms with Gasteiger partial charge < -0.3 is 11.1 Å². The molecular formula is C11H23N3O3S. The van der Waals surface area contributed by atoms with Crippen LogP contribution in [0, 0.1) is 0 Å². The summed E-state index contributed by atoms with van der Waals surface area (Å²) in [7, 11) is -2.89. The van der Waals surface area contributed by atoms with Crippen LogP contribution in [0.3, 0.4) is 0 Å². The highest BCUT2D eigenvalue weighted by molar-refractivity contribution is 7.91. The molecule has 1 aliphatic heterocycles. The molecule has 106 valence electrons. The third-order valence-electron chi connectivity index (χ3n) is 3.29. The summed E-state index contributed by atoms with van der Waals surface area (Å²) in [5.74, 6) is -0.0741. The standard InChI is InChI=1S/C11H23N3O3S/c1-3-4-13-11(2,10(12)15)9-14-5-7-18(16,17)8-6-14/h13H,3-9H2,1-2H3,(H2,12,15). The minimum Gasteiger partial charge on any atom is -0.368 e. The second-order valence-electron chi connectivity index (χ2n) is 5.05. The molecule has 0 aromatic heterocycles. The molecule has 1 unspecified atom stereocenters. The van der Waals surface area contributed by atoms with E-state index in [1.807, 2.05) is 11.8 Å². The summed E-state index contributed by atoms with van der Waals surface area (Å²) < 4.78 is 22.7. The van der Waals surface area contributed by atoms with Crippen LogP contribution in [-0.2, 0) is 14.6 Å². The van der Waals surface area contributed by atoms with Crippen molar-refractivity contribution in [1.29, 1.82) is 0 Å². The van der Waals surface area contributed by atoms with E-state index in [1.54, 1.807) is 6.92 Å². The second kappa shape index (κ2) is 5.99. The summed E-state index contributed by atoms with van der Waals surface area (Å²) in [6.07, 6.45) is 0.914. The number of nitrogens with two attached hydrogens (primary N) is 1. The second-order valence-corrected chi connectivity index (χ2v) is 7.35. The minimum atomic E-state index is -2.89. The Hall–Kier alpha value is -0.660. The zero-order valence-corrected chi connectivity index (χ0v) is 11.9. The average Bonchev–Trinajstić information content (AvgIpc) is 2.29. The molecule has 0 spiro atoms. The van der Waals surface area contributed by atoms with Crippen molar-refractivity contribution in [3.63, 3.8) is 0 Å². The Balaban J connectivity index is 2.60. The van der Waals surface area contributed by atoms with Crippen molar-refractivity contribution in [2.45, 2.75) is 25.8 Å². The Morgan fingerprint density at radius 1 is 1.39 bits per heavy atom. The Kier molecular flexibility index (Phi) is 5.12. The zero-order valence-electron chi connectivity index (χ0n) is 11.1. The first-order valence-corrected chi connectivity index (χ1v) is 8.09. The first-order chi connectivity index (χ1) is 8.29. The van der Waals surface area contributed by atoms with Crippen molar-refractivity contribution in [3.8, 4) is 0 Å². The van der Waals surface area contributed by atoms with Crippen LogP contribution in [0.2, 0.25) is 0 Å². The van der Waals surface area contributed by atoms with E-state index in [9.17, 15) is 13.2 Å². The van der Waals surface area contributed by atoms with Gasteiger partial charge in [0.25, 0.3) is 0 Å². The molecule has 0 bridgehead atoms. The Labute approximate surface area is 109 Å². The quantitative estimate of drug-likeness (QED) is 0.647. The van der Waals surface area contributed by atoms with E-state index in [1.165, 1.54) is 0 Å². The molecule has 1 fully saturated rings. The third-order valence-corrected chi connectivity index (χ3v) is 4.90. The van der Waals surface area contributed by atoms with Crippen molar-refractivity contribution in [2.75, 3.05) is 37.7 Å². The number of amides is 1. The molecule has 1 saturated heterocycles. The summed E-state index contributed by atoms with van der Waals surface area (Å²) >= 11 is 0. The molecule has 6 nitrogen and oxygen atoms in total. The first kappa shape index (κ1) is 15.4. The fourth-order valence-corrected chi connectivity index (χ4v) is 3.25. The normalized spacial score (nSPS) is 23.4. The lowest BCUT2D eigenvalue weighted by atomic mass is 10.0. The molecule has 1 atom stereocenters. The SMILES string of the molecule is CCCNC(C)(CN1CCS(=O)(=O)CC1)C(N)=O. The Morgan fingerprint density at radius 2 is 1.94 bits per heavy atom. The Morgan fingerprint density at radius 3 is 2.39 bits per heavy atom. The van der Waals surface area contributed by atoms with Gasteiger partial charge in [0.1, 0.15) is 5.54 Å². The maximum absolute atomic E-state index is 11.5. The number of rotatable bonds is 6. The van der Waals surface area contributed by atoms with Crippen LogP contribution in [0.15, 0.2) is 0 Å². The fourth-order valence-electron chi connectivity index (χ4n) is 1.98. The van der Waals surface area contributed by atoms with Crippen LogP contribution in [0.4, 0.5) is 0 Å². The molecule has 3 N–H and O–H groups in total. The van der Waals surface area contributed by atoms with Crippen molar-refractivity contribution >= 4 is 15.7 Å². The van der Waals surface area contributed by atoms with Crippen LogP contribution in [0.5, 0.6) is 0 Å². The van der Waals surface area contributed by atoms with E-state index in [-0.39, 0.29) is 11.5 Å². The molecule has 0 aromatic carbocycles. The van der Waals surface area contributed by atoms with Crippen molar-refractivity contribution in [1.82, 2.24) is 10.2 Å². The number of hydrogen-bond donors (Lipinski definition) is 2. The van der Waals surface area contributed by atoms with Gasteiger partial charge in [-0.05, 0) is 19.9 Å². The van der Waals surface area contributed by atoms with Crippen LogP contribution in [0.25, 0.3) is 0 Å². The smallest absolute Gasteiger partial charge is 0.238 e. The third kappa shape index (κ3) is 4.22. The number of hydrogen-bond acceptors (Lipinski definition) is 5. The predicted molar refractivity (Wildman–Crippen MR) is 71.0 cm³/mol. The van der Waals surface area contributed by atoms with Crippen LogP contribution in [-0.4, -0.2) is 62.4 Å². The molecule has 1 amide bonds. The molecule has 1 heterocycles. The average molecular weight is 277 g/mol. The van der Waals surface area contributed by atoms with Gasteiger partial charge in [-0.25, -0.2) is 8.42 Å². The number of carbonyl (C=O) groups excluding carboxylic acids is 1. The van der Waals surface area contributed by atoms with Crippen molar-refractivity contribution < 1.29 is 13.2 Å². The van der Waals surface area contributed by atoms with E-state index in [4.69, 9.17) is 5.73 Å². The lowest BCUT2D eigenvalue weighted by Gasteiger charge is -2.35. The maximum Gasteiger partial charge on any atom is 0.238 e. The van der Waals surface area contributed by atoms with Gasteiger partial charge >= 0.3 is 0 Å². The van der Waals surface area contributed by atoms with Gasteiger partial charge in [-0.2, -0.15) is 0 Å². The molecule has 0 radical (unpaired) electrons. The van der Waals surface area contributed by atoms with Crippen molar-refractivity contribution in [2.24, 2.45) is 5.73 Å². The first-order valence-electron chi connectivity index (χ1n) is 6.27. The van der Waals surface area contributed by atoms with Gasteiger partial charge in [-0.1, -0.05) is 6.92 Å². The molecule has 0 aliphatic carbocycles. The molecule has 1 aliphatic rings. The number of primary amides is 1. The number of sulfone groups is 1. The van der Waals surface area contributed by atoms with Crippen LogP contribution < -0.4 is 11.1 Å². The molecule has 0 saturated carbocycles. The van der Waals surface area contributed by atoms with Gasteiger partial charge in [0.15, 0.2) is 9.84 Å². The molecular weight excluding hydrogens is 254 g/mol. The summed E-state index contributed by atoms with van der Waals surface area (Å²) in [5, 5.41) is 3.15. The van der Waals surface area contributed by atoms with E-state index in [0.29, 0.717) is 26.2 Å². The van der Waals surface area contributed by atoms with Crippen LogP contribution >= 0.6 is 0 Å². The highest BCUT2D eigenvalue weighted by atomic mass is 32.2. The summed E-state index contributed by atoms with van der Waals surface area (Å²) in [6.45, 7) is 5.90. The lowest BCUT2D eigenvalue weighted by molar-refractivity contribution is -0.124. The van der Waals surface area contributed by atoms with Crippen molar-refractivity contribution in [3.05, 3.63) is 0 Å². The number of nitrogens with one attached hydrogen (secondary N) is 1. The van der Waals surface area contributed by atoms with Gasteiger partial charge in [-0.15, -0.1) is 0 Å². The summed E-state index contributed by atoms with van der Waals surface area (Å²) in [4.78, 5) is 13.5. The van der Waals surface area contributed by atoms with E-state index in [0.717, 1.165) is 6.42 Å². The Bertz CT molecular complexity index is 382. The molecule has 0 aromatic rings. The van der Waals surface area contributed by atoms with Gasteiger partial charge in [0.2, 0.25) is 5.91 Å². The van der Waals surface area contributed by atoms with Gasteiger partial charge in [0.05, 0.1) is 11.5 Å². The van der Waals surface area contributed by atoms with E-state index < -0.39 is 21.3 Å².